The van der Waals surface area contributed by atoms with Gasteiger partial charge in [-0.2, -0.15) is 0 Å². The second kappa shape index (κ2) is 3.60. The molecule has 2 saturated carbocycles. The molecule has 1 heterocycles. The summed E-state index contributed by atoms with van der Waals surface area (Å²) in [5.41, 5.74) is 0. The van der Waals surface area contributed by atoms with Crippen LogP contribution in [0.15, 0.2) is 11.4 Å². The Hall–Kier alpha value is -0.340. The molecule has 2 aliphatic carbocycles. The van der Waals surface area contributed by atoms with Crippen molar-refractivity contribution in [3.05, 3.63) is 21.3 Å². The predicted molar refractivity (Wildman–Crippen MR) is 62.6 cm³/mol. The zero-order valence-electron chi connectivity index (χ0n) is 8.41. The Morgan fingerprint density at radius 2 is 2.27 bits per heavy atom. The van der Waals surface area contributed by atoms with Gasteiger partial charge in [0.1, 0.15) is 0 Å². The van der Waals surface area contributed by atoms with Crippen LogP contribution < -0.4 is 0 Å². The monoisotopic (exact) mass is 240 g/mol. The number of rotatable bonds is 2. The van der Waals surface area contributed by atoms with Crippen LogP contribution in [0.5, 0.6) is 0 Å². The normalized spacial score (nSPS) is 33.5. The summed E-state index contributed by atoms with van der Waals surface area (Å²) >= 11 is 7.50. The van der Waals surface area contributed by atoms with Crippen LogP contribution in [0.3, 0.4) is 0 Å². The number of halogens is 1. The number of ketones is 1. The predicted octanol–water partition coefficient (Wildman–Crippen LogP) is 4.02. The van der Waals surface area contributed by atoms with Gasteiger partial charge in [0.25, 0.3) is 0 Å². The third-order valence-corrected chi connectivity index (χ3v) is 5.27. The number of hydrogen-bond donors (Lipinski definition) is 0. The third kappa shape index (κ3) is 1.55. The van der Waals surface area contributed by atoms with Crippen molar-refractivity contribution in [1.29, 1.82) is 0 Å². The minimum atomic E-state index is 0.278. The van der Waals surface area contributed by atoms with E-state index in [4.69, 9.17) is 11.6 Å². The summed E-state index contributed by atoms with van der Waals surface area (Å²) in [6, 6.07) is 1.83. The summed E-state index contributed by atoms with van der Waals surface area (Å²) < 4.78 is 0. The fraction of sp³-hybridized carbons (Fsp3) is 0.583. The molecule has 1 aromatic rings. The summed E-state index contributed by atoms with van der Waals surface area (Å²) in [6.45, 7) is 0. The van der Waals surface area contributed by atoms with Crippen LogP contribution in [0.1, 0.15) is 35.4 Å². The van der Waals surface area contributed by atoms with Gasteiger partial charge in [0.2, 0.25) is 0 Å². The molecule has 2 bridgehead atoms. The molecule has 2 fully saturated rings. The molecule has 3 rings (SSSR count). The van der Waals surface area contributed by atoms with Gasteiger partial charge >= 0.3 is 0 Å². The molecular weight excluding hydrogens is 228 g/mol. The van der Waals surface area contributed by atoms with E-state index >= 15 is 0 Å². The zero-order chi connectivity index (χ0) is 10.4. The lowest BCUT2D eigenvalue weighted by Gasteiger charge is -2.19. The molecule has 1 aromatic heterocycles. The highest BCUT2D eigenvalue weighted by Crippen LogP contribution is 2.49. The average Bonchev–Trinajstić information content (AvgIpc) is 2.91. The molecule has 0 aromatic carbocycles. The van der Waals surface area contributed by atoms with Crippen molar-refractivity contribution in [2.45, 2.75) is 25.7 Å². The minimum Gasteiger partial charge on any atom is -0.293 e. The Morgan fingerprint density at radius 3 is 2.80 bits per heavy atom. The number of carbonyl (C=O) groups is 1. The molecule has 0 amide bonds. The highest BCUT2D eigenvalue weighted by atomic mass is 35.5. The third-order valence-electron chi connectivity index (χ3n) is 3.92. The van der Waals surface area contributed by atoms with E-state index in [-0.39, 0.29) is 5.92 Å². The highest BCUT2D eigenvalue weighted by Gasteiger charge is 2.43. The Kier molecular flexibility index (Phi) is 2.37. The van der Waals surface area contributed by atoms with Crippen LogP contribution in [-0.2, 0) is 0 Å². The van der Waals surface area contributed by atoms with Crippen LogP contribution in [0.4, 0.5) is 0 Å². The summed E-state index contributed by atoms with van der Waals surface area (Å²) in [6.07, 6.45) is 4.98. The van der Waals surface area contributed by atoms with Gasteiger partial charge in [-0.1, -0.05) is 18.0 Å². The van der Waals surface area contributed by atoms with Gasteiger partial charge in [0.05, 0.1) is 9.90 Å². The van der Waals surface area contributed by atoms with E-state index in [2.05, 4.69) is 0 Å². The van der Waals surface area contributed by atoms with E-state index in [9.17, 15) is 4.79 Å². The lowest BCUT2D eigenvalue weighted by Crippen LogP contribution is -2.20. The topological polar surface area (TPSA) is 17.1 Å². The fourth-order valence-corrected chi connectivity index (χ4v) is 4.36. The SMILES string of the molecule is O=C(c1sccc1Cl)C1CC2CCC1C2. The molecule has 1 nitrogen and oxygen atoms in total. The van der Waals surface area contributed by atoms with Crippen LogP contribution in [0.25, 0.3) is 0 Å². The number of thiophene rings is 1. The Morgan fingerprint density at radius 1 is 1.40 bits per heavy atom. The van der Waals surface area contributed by atoms with Gasteiger partial charge in [-0.3, -0.25) is 4.79 Å². The zero-order valence-corrected chi connectivity index (χ0v) is 9.98. The van der Waals surface area contributed by atoms with E-state index < -0.39 is 0 Å². The van der Waals surface area contributed by atoms with Gasteiger partial charge in [-0.15, -0.1) is 11.3 Å². The van der Waals surface area contributed by atoms with E-state index in [0.29, 0.717) is 16.7 Å². The minimum absolute atomic E-state index is 0.278. The van der Waals surface area contributed by atoms with Crippen molar-refractivity contribution in [1.82, 2.24) is 0 Å². The molecule has 0 radical (unpaired) electrons. The number of Topliss-reactive ketones (excluding diaryl/α,β-unsaturated/α-hetero) is 1. The summed E-state index contributed by atoms with van der Waals surface area (Å²) in [4.78, 5) is 13.0. The molecule has 15 heavy (non-hydrogen) atoms. The number of carbonyl (C=O) groups excluding carboxylic acids is 1. The molecule has 3 heteroatoms. The quantitative estimate of drug-likeness (QED) is 0.714. The summed E-state index contributed by atoms with van der Waals surface area (Å²) in [5.74, 6) is 2.06. The molecule has 3 atom stereocenters. The van der Waals surface area contributed by atoms with Gasteiger partial charge < -0.3 is 0 Å². The van der Waals surface area contributed by atoms with Crippen molar-refractivity contribution in [2.24, 2.45) is 17.8 Å². The number of fused-ring (bicyclic) bond motifs is 2. The van der Waals surface area contributed by atoms with Crippen LogP contribution >= 0.6 is 22.9 Å². The first kappa shape index (κ1) is 9.86. The molecule has 3 unspecified atom stereocenters. The van der Waals surface area contributed by atoms with Gasteiger partial charge in [0.15, 0.2) is 5.78 Å². The fourth-order valence-electron chi connectivity index (χ4n) is 3.20. The first-order valence-corrected chi connectivity index (χ1v) is 6.78. The molecule has 0 saturated heterocycles. The largest absolute Gasteiger partial charge is 0.293 e. The van der Waals surface area contributed by atoms with E-state index in [0.717, 1.165) is 17.2 Å². The van der Waals surface area contributed by atoms with Crippen molar-refractivity contribution >= 4 is 28.7 Å². The van der Waals surface area contributed by atoms with Crippen LogP contribution in [0.2, 0.25) is 5.02 Å². The standard InChI is InChI=1S/C12H13ClOS/c13-10-3-4-15-12(10)11(14)9-6-7-1-2-8(9)5-7/h3-4,7-9H,1-2,5-6H2. The second-order valence-electron chi connectivity index (χ2n) is 4.74. The first-order valence-electron chi connectivity index (χ1n) is 5.53. The summed E-state index contributed by atoms with van der Waals surface area (Å²) in [5, 5.41) is 2.55. The Bertz CT molecular complexity index is 398. The smallest absolute Gasteiger partial charge is 0.177 e. The van der Waals surface area contributed by atoms with E-state index in [1.807, 2.05) is 11.4 Å². The average molecular weight is 241 g/mol. The summed E-state index contributed by atoms with van der Waals surface area (Å²) in [7, 11) is 0. The Balaban J connectivity index is 1.84. The molecule has 2 aliphatic rings. The van der Waals surface area contributed by atoms with Crippen molar-refractivity contribution in [3.8, 4) is 0 Å². The molecule has 80 valence electrons. The van der Waals surface area contributed by atoms with Gasteiger partial charge in [-0.05, 0) is 42.5 Å². The maximum Gasteiger partial charge on any atom is 0.177 e. The molecule has 0 aliphatic heterocycles. The lowest BCUT2D eigenvalue weighted by atomic mass is 9.85. The van der Waals surface area contributed by atoms with Crippen LogP contribution in [-0.4, -0.2) is 5.78 Å². The highest BCUT2D eigenvalue weighted by molar-refractivity contribution is 7.12. The maximum atomic E-state index is 12.2. The van der Waals surface area contributed by atoms with Crippen molar-refractivity contribution < 1.29 is 4.79 Å². The molecule has 0 N–H and O–H groups in total. The maximum absolute atomic E-state index is 12.2. The van der Waals surface area contributed by atoms with E-state index in [1.54, 1.807) is 0 Å². The van der Waals surface area contributed by atoms with Crippen molar-refractivity contribution in [2.75, 3.05) is 0 Å². The molecular formula is C12H13ClOS. The lowest BCUT2D eigenvalue weighted by molar-refractivity contribution is 0.0879. The number of hydrogen-bond acceptors (Lipinski definition) is 2. The van der Waals surface area contributed by atoms with Gasteiger partial charge in [0, 0.05) is 5.92 Å². The van der Waals surface area contributed by atoms with Crippen molar-refractivity contribution in [3.63, 3.8) is 0 Å². The van der Waals surface area contributed by atoms with E-state index in [1.165, 1.54) is 30.6 Å². The second-order valence-corrected chi connectivity index (χ2v) is 6.07. The Labute approximate surface area is 98.4 Å². The first-order chi connectivity index (χ1) is 7.25. The van der Waals surface area contributed by atoms with Crippen LogP contribution in [0, 0.1) is 17.8 Å². The van der Waals surface area contributed by atoms with Gasteiger partial charge in [-0.25, -0.2) is 0 Å². The molecule has 0 spiro atoms.